The zero-order valence-corrected chi connectivity index (χ0v) is 23.4. The van der Waals surface area contributed by atoms with Crippen molar-refractivity contribution in [2.75, 3.05) is 26.3 Å². The predicted octanol–water partition coefficient (Wildman–Crippen LogP) is 2.79. The van der Waals surface area contributed by atoms with Gasteiger partial charge in [0.1, 0.15) is 6.04 Å². The van der Waals surface area contributed by atoms with Crippen LogP contribution in [0.5, 0.6) is 0 Å². The molecule has 5 rings (SSSR count). The van der Waals surface area contributed by atoms with E-state index in [1.165, 1.54) is 0 Å². The number of hydrogen-bond acceptors (Lipinski definition) is 5. The van der Waals surface area contributed by atoms with Crippen molar-refractivity contribution >= 4 is 17.7 Å². The molecule has 2 aromatic rings. The molecular weight excluding hydrogens is 506 g/mol. The minimum Gasteiger partial charge on any atom is -0.381 e. The summed E-state index contributed by atoms with van der Waals surface area (Å²) in [5.41, 5.74) is 1.46. The molecule has 2 saturated heterocycles. The molecule has 0 unspecified atom stereocenters. The highest BCUT2D eigenvalue weighted by Gasteiger charge is 2.41. The van der Waals surface area contributed by atoms with Crippen LogP contribution in [0.4, 0.5) is 0 Å². The van der Waals surface area contributed by atoms with Crippen LogP contribution < -0.4 is 10.6 Å². The van der Waals surface area contributed by atoms with E-state index in [4.69, 9.17) is 4.74 Å². The quantitative estimate of drug-likeness (QED) is 0.560. The second kappa shape index (κ2) is 12.8. The monoisotopic (exact) mass is 547 g/mol. The number of carbonyl (C=O) groups is 3. The zero-order chi connectivity index (χ0) is 28.0. The third-order valence-electron chi connectivity index (χ3n) is 8.83. The van der Waals surface area contributed by atoms with Crippen molar-refractivity contribution in [1.29, 1.82) is 0 Å². The van der Waals surface area contributed by atoms with Crippen molar-refractivity contribution < 1.29 is 19.1 Å². The molecule has 40 heavy (non-hydrogen) atoms. The first-order chi connectivity index (χ1) is 19.4. The molecule has 0 radical (unpaired) electrons. The van der Waals surface area contributed by atoms with Crippen molar-refractivity contribution in [3.05, 3.63) is 66.0 Å². The molecule has 2 fully saturated rings. The number of aryl methyl sites for hydroxylation is 2. The predicted molar refractivity (Wildman–Crippen MR) is 151 cm³/mol. The first-order valence-corrected chi connectivity index (χ1v) is 14.6. The number of nitrogens with zero attached hydrogens (tertiary/aromatic N) is 3. The molecule has 0 saturated carbocycles. The Morgan fingerprint density at radius 1 is 1.10 bits per heavy atom. The summed E-state index contributed by atoms with van der Waals surface area (Å²) in [5, 5.41) is 10.7. The molecule has 0 aliphatic carbocycles. The van der Waals surface area contributed by atoms with Crippen LogP contribution in [-0.2, 0) is 32.1 Å². The molecule has 2 N–H and O–H groups in total. The molecule has 9 heteroatoms. The number of hydrogen-bond donors (Lipinski definition) is 2. The van der Waals surface area contributed by atoms with Gasteiger partial charge in [-0.3, -0.25) is 19.1 Å². The fourth-order valence-electron chi connectivity index (χ4n) is 6.20. The average molecular weight is 548 g/mol. The number of nitrogens with one attached hydrogen (secondary N) is 2. The molecule has 1 aromatic carbocycles. The number of rotatable bonds is 5. The number of piperidine rings is 1. The largest absolute Gasteiger partial charge is 0.381 e. The average Bonchev–Trinajstić information content (AvgIpc) is 3.39. The summed E-state index contributed by atoms with van der Waals surface area (Å²) in [4.78, 5) is 42.5. The molecule has 4 heterocycles. The van der Waals surface area contributed by atoms with Gasteiger partial charge in [-0.1, -0.05) is 42.5 Å². The van der Waals surface area contributed by atoms with Gasteiger partial charge in [-0.05, 0) is 50.7 Å². The number of fused-ring (bicyclic) bond motifs is 1. The molecule has 1 spiro atoms. The van der Waals surface area contributed by atoms with Crippen molar-refractivity contribution in [2.24, 2.45) is 11.3 Å². The third kappa shape index (κ3) is 6.63. The molecule has 3 amide bonds. The topological polar surface area (TPSA) is 106 Å². The van der Waals surface area contributed by atoms with Gasteiger partial charge < -0.3 is 20.3 Å². The minimum absolute atomic E-state index is 0.0681. The normalized spacial score (nSPS) is 26.1. The number of aromatic nitrogens is 2. The standard InChI is InChI=1S/C31H41N5O4/c1-23-10-16-32-36(23)18-12-28(37)35-17-11-26-25(22-35)9-5-6-13-31(14-19-40-20-15-31)30(39)34-27(29(38)33-26)21-24-7-3-2-4-8-24/h2-8,10,16,25-27H,9,11-15,17-22H2,1H3,(H,33,38)(H,34,39)/b6-5+/t25-,26+,27+/m0/s1. The lowest BCUT2D eigenvalue weighted by atomic mass is 9.75. The molecule has 1 aromatic heterocycles. The van der Waals surface area contributed by atoms with Crippen LogP contribution in [0.2, 0.25) is 0 Å². The fourth-order valence-corrected chi connectivity index (χ4v) is 6.20. The SMILES string of the molecule is Cc1ccnn1CCC(=O)N1CC[C@H]2NC(=O)[C@@H](Cc3ccccc3)NC(=O)C3(C/C=C/C[C@H]2C1)CCOCC3. The molecule has 3 aliphatic rings. The van der Waals surface area contributed by atoms with Gasteiger partial charge in [-0.15, -0.1) is 0 Å². The number of carbonyl (C=O) groups excluding carboxylic acids is 3. The van der Waals surface area contributed by atoms with Crippen LogP contribution in [-0.4, -0.2) is 70.8 Å². The maximum atomic E-state index is 13.7. The smallest absolute Gasteiger partial charge is 0.243 e. The summed E-state index contributed by atoms with van der Waals surface area (Å²) >= 11 is 0. The fraction of sp³-hybridized carbons (Fsp3) is 0.548. The summed E-state index contributed by atoms with van der Waals surface area (Å²) in [7, 11) is 0. The second-order valence-electron chi connectivity index (χ2n) is 11.5. The van der Waals surface area contributed by atoms with Crippen LogP contribution in [0, 0.1) is 18.3 Å². The maximum Gasteiger partial charge on any atom is 0.243 e. The maximum absolute atomic E-state index is 13.7. The van der Waals surface area contributed by atoms with Crippen molar-refractivity contribution in [3.63, 3.8) is 0 Å². The number of allylic oxidation sites excluding steroid dienone is 2. The van der Waals surface area contributed by atoms with Gasteiger partial charge in [0, 0.05) is 69.5 Å². The Morgan fingerprint density at radius 3 is 2.65 bits per heavy atom. The Morgan fingerprint density at radius 2 is 1.90 bits per heavy atom. The summed E-state index contributed by atoms with van der Waals surface area (Å²) in [6.07, 6.45) is 10.1. The molecular formula is C31H41N5O4. The Kier molecular flexibility index (Phi) is 8.99. The lowest BCUT2D eigenvalue weighted by Crippen LogP contribution is -2.58. The molecule has 214 valence electrons. The van der Waals surface area contributed by atoms with Gasteiger partial charge in [0.25, 0.3) is 0 Å². The second-order valence-corrected chi connectivity index (χ2v) is 11.5. The summed E-state index contributed by atoms with van der Waals surface area (Å²) in [5.74, 6) is -0.0120. The van der Waals surface area contributed by atoms with E-state index in [0.29, 0.717) is 71.4 Å². The van der Waals surface area contributed by atoms with Crippen LogP contribution in [0.25, 0.3) is 0 Å². The lowest BCUT2D eigenvalue weighted by Gasteiger charge is -2.40. The summed E-state index contributed by atoms with van der Waals surface area (Å²) in [6, 6.07) is 11.0. The zero-order valence-electron chi connectivity index (χ0n) is 23.4. The van der Waals surface area contributed by atoms with Gasteiger partial charge in [0.2, 0.25) is 17.7 Å². The first kappa shape index (κ1) is 28.1. The van der Waals surface area contributed by atoms with E-state index < -0.39 is 11.5 Å². The summed E-state index contributed by atoms with van der Waals surface area (Å²) in [6.45, 7) is 4.82. The van der Waals surface area contributed by atoms with Gasteiger partial charge in [-0.2, -0.15) is 5.10 Å². The highest BCUT2D eigenvalue weighted by atomic mass is 16.5. The molecule has 9 nitrogen and oxygen atoms in total. The van der Waals surface area contributed by atoms with E-state index in [1.54, 1.807) is 6.20 Å². The van der Waals surface area contributed by atoms with E-state index >= 15 is 0 Å². The highest BCUT2D eigenvalue weighted by molar-refractivity contribution is 5.90. The Bertz CT molecular complexity index is 1200. The van der Waals surface area contributed by atoms with Crippen LogP contribution in [0.3, 0.4) is 0 Å². The molecule has 3 atom stereocenters. The van der Waals surface area contributed by atoms with Crippen molar-refractivity contribution in [1.82, 2.24) is 25.3 Å². The van der Waals surface area contributed by atoms with Crippen molar-refractivity contribution in [2.45, 2.75) is 70.5 Å². The van der Waals surface area contributed by atoms with Gasteiger partial charge in [0.15, 0.2) is 0 Å². The van der Waals surface area contributed by atoms with Crippen LogP contribution in [0.15, 0.2) is 54.7 Å². The van der Waals surface area contributed by atoms with Gasteiger partial charge in [0.05, 0.1) is 5.41 Å². The number of ether oxygens (including phenoxy) is 1. The summed E-state index contributed by atoms with van der Waals surface area (Å²) < 4.78 is 7.45. The van der Waals surface area contributed by atoms with E-state index in [9.17, 15) is 14.4 Å². The Balaban J connectivity index is 1.33. The van der Waals surface area contributed by atoms with Gasteiger partial charge >= 0.3 is 0 Å². The van der Waals surface area contributed by atoms with Crippen molar-refractivity contribution in [3.8, 4) is 0 Å². The van der Waals surface area contributed by atoms with E-state index in [1.807, 2.05) is 52.9 Å². The number of benzene rings is 1. The minimum atomic E-state index is -0.671. The highest BCUT2D eigenvalue weighted by Crippen LogP contribution is 2.36. The number of likely N-dealkylation sites (tertiary alicyclic amines) is 1. The van der Waals surface area contributed by atoms with E-state index in [2.05, 4.69) is 27.9 Å². The Hall–Kier alpha value is -3.46. The molecule has 3 aliphatic heterocycles. The van der Waals surface area contributed by atoms with Gasteiger partial charge in [-0.25, -0.2) is 0 Å². The molecule has 0 bridgehead atoms. The third-order valence-corrected chi connectivity index (χ3v) is 8.83. The van der Waals surface area contributed by atoms with Crippen LogP contribution >= 0.6 is 0 Å². The van der Waals surface area contributed by atoms with Crippen LogP contribution in [0.1, 0.15) is 49.8 Å². The van der Waals surface area contributed by atoms with E-state index in [0.717, 1.165) is 17.7 Å². The van der Waals surface area contributed by atoms with E-state index in [-0.39, 0.29) is 29.7 Å². The Labute approximate surface area is 236 Å². The first-order valence-electron chi connectivity index (χ1n) is 14.6. The number of amides is 3. The lowest BCUT2D eigenvalue weighted by molar-refractivity contribution is -0.140.